The van der Waals surface area contributed by atoms with Gasteiger partial charge in [-0.15, -0.1) is 23.1 Å². The third-order valence-electron chi connectivity index (χ3n) is 7.67. The zero-order valence-electron chi connectivity index (χ0n) is 25.3. The summed E-state index contributed by atoms with van der Waals surface area (Å²) in [6.07, 6.45) is 2.97. The van der Waals surface area contributed by atoms with Gasteiger partial charge in [-0.1, -0.05) is 78.5 Å². The molecule has 238 valence electrons. The molecule has 4 heterocycles. The summed E-state index contributed by atoms with van der Waals surface area (Å²) >= 11 is 2.68. The third kappa shape index (κ3) is 6.67. The largest absolute Gasteiger partial charge is 0.448 e. The molecular formula is C34H31N6O5S2+. The van der Waals surface area contributed by atoms with E-state index >= 15 is 0 Å². The minimum atomic E-state index is -0.881. The molecule has 2 aliphatic heterocycles. The topological polar surface area (TPSA) is 140 Å². The van der Waals surface area contributed by atoms with Crippen LogP contribution >= 0.6 is 23.1 Å². The van der Waals surface area contributed by atoms with Crippen molar-refractivity contribution in [2.24, 2.45) is 12.2 Å². The highest BCUT2D eigenvalue weighted by Crippen LogP contribution is 2.42. The summed E-state index contributed by atoms with van der Waals surface area (Å²) in [5.74, 6) is -1.33. The molecule has 3 atom stereocenters. The number of anilines is 1. The van der Waals surface area contributed by atoms with E-state index in [2.05, 4.69) is 22.0 Å². The number of rotatable bonds is 11. The number of aryl methyl sites for hydroxylation is 1. The normalized spacial score (nSPS) is 18.0. The van der Waals surface area contributed by atoms with E-state index < -0.39 is 41.4 Å². The SMILES string of the molecule is C=CC1=C(C(=O)OC(c2ccccc2)c2ccccc2)N2C(=O)C(NC(=O)C=NOC(c3csc(N)n3)c3cccc[n+]3C)[C@H]2SC1. The molecule has 4 aromatic rings. The van der Waals surface area contributed by atoms with Crippen molar-refractivity contribution < 1.29 is 28.5 Å². The molecule has 47 heavy (non-hydrogen) atoms. The van der Waals surface area contributed by atoms with E-state index in [0.717, 1.165) is 23.0 Å². The number of benzene rings is 2. The summed E-state index contributed by atoms with van der Waals surface area (Å²) in [7, 11) is 1.85. The number of oxime groups is 1. The molecule has 2 unspecified atom stereocenters. The Balaban J connectivity index is 1.15. The highest BCUT2D eigenvalue weighted by Gasteiger charge is 2.54. The number of β-lactam (4-membered cyclic amide) rings is 1. The second kappa shape index (κ2) is 14.0. The molecule has 0 bridgehead atoms. The number of fused-ring (bicyclic) bond motifs is 1. The summed E-state index contributed by atoms with van der Waals surface area (Å²) < 4.78 is 7.94. The lowest BCUT2D eigenvalue weighted by Crippen LogP contribution is -2.70. The molecule has 0 aliphatic carbocycles. The van der Waals surface area contributed by atoms with Crippen molar-refractivity contribution in [3.8, 4) is 0 Å². The number of ether oxygens (including phenoxy) is 1. The summed E-state index contributed by atoms with van der Waals surface area (Å²) in [6, 6.07) is 23.5. The van der Waals surface area contributed by atoms with Gasteiger partial charge in [-0.2, -0.15) is 0 Å². The maximum absolute atomic E-state index is 13.8. The van der Waals surface area contributed by atoms with Crippen molar-refractivity contribution in [1.29, 1.82) is 0 Å². The number of nitrogen functional groups attached to an aromatic ring is 1. The van der Waals surface area contributed by atoms with E-state index in [4.69, 9.17) is 15.3 Å². The van der Waals surface area contributed by atoms with E-state index in [1.807, 2.05) is 96.7 Å². The third-order valence-corrected chi connectivity index (χ3v) is 9.67. The van der Waals surface area contributed by atoms with Gasteiger partial charge in [-0.05, 0) is 22.8 Å². The number of nitrogens with two attached hydrogens (primary N) is 1. The van der Waals surface area contributed by atoms with E-state index in [-0.39, 0.29) is 5.70 Å². The van der Waals surface area contributed by atoms with Gasteiger partial charge >= 0.3 is 5.97 Å². The van der Waals surface area contributed by atoms with Crippen molar-refractivity contribution in [3.05, 3.63) is 137 Å². The fraction of sp³-hybridized carbons (Fsp3) is 0.176. The molecule has 2 aromatic heterocycles. The van der Waals surface area contributed by atoms with Crippen LogP contribution in [0.15, 0.2) is 120 Å². The molecule has 0 saturated carbocycles. The predicted molar refractivity (Wildman–Crippen MR) is 179 cm³/mol. The molecule has 6 rings (SSSR count). The number of hydrogen-bond acceptors (Lipinski definition) is 10. The molecule has 13 heteroatoms. The van der Waals surface area contributed by atoms with Crippen LogP contribution in [0, 0.1) is 0 Å². The van der Waals surface area contributed by atoms with Gasteiger partial charge in [0.05, 0.1) is 0 Å². The van der Waals surface area contributed by atoms with Crippen LogP contribution in [0.3, 0.4) is 0 Å². The van der Waals surface area contributed by atoms with Gasteiger partial charge in [0.2, 0.25) is 5.69 Å². The molecule has 11 nitrogen and oxygen atoms in total. The minimum absolute atomic E-state index is 0.120. The zero-order valence-corrected chi connectivity index (χ0v) is 26.9. The Morgan fingerprint density at radius 3 is 2.38 bits per heavy atom. The van der Waals surface area contributed by atoms with Crippen molar-refractivity contribution in [2.75, 3.05) is 11.5 Å². The van der Waals surface area contributed by atoms with Gasteiger partial charge in [0, 0.05) is 23.3 Å². The fourth-order valence-electron chi connectivity index (χ4n) is 5.35. The number of aromatic nitrogens is 2. The highest BCUT2D eigenvalue weighted by atomic mass is 32.2. The molecule has 1 fully saturated rings. The quantitative estimate of drug-likeness (QED) is 0.0810. The van der Waals surface area contributed by atoms with Gasteiger partial charge in [-0.3, -0.25) is 14.5 Å². The van der Waals surface area contributed by atoms with Crippen LogP contribution < -0.4 is 15.6 Å². The van der Waals surface area contributed by atoms with Gasteiger partial charge in [0.15, 0.2) is 17.4 Å². The molecule has 0 radical (unpaired) electrons. The lowest BCUT2D eigenvalue weighted by atomic mass is 10.0. The molecule has 2 amide bonds. The lowest BCUT2D eigenvalue weighted by Gasteiger charge is -2.49. The Bertz CT molecular complexity index is 1820. The Morgan fingerprint density at radius 1 is 1.09 bits per heavy atom. The van der Waals surface area contributed by atoms with Gasteiger partial charge in [0.25, 0.3) is 17.9 Å². The van der Waals surface area contributed by atoms with E-state index in [1.165, 1.54) is 28.0 Å². The van der Waals surface area contributed by atoms with Crippen molar-refractivity contribution in [3.63, 3.8) is 0 Å². The smallest absolute Gasteiger partial charge is 0.356 e. The van der Waals surface area contributed by atoms with Gasteiger partial charge < -0.3 is 20.6 Å². The Labute approximate surface area is 279 Å². The molecule has 2 aliphatic rings. The number of thiazole rings is 1. The molecule has 3 N–H and O–H groups in total. The highest BCUT2D eigenvalue weighted by molar-refractivity contribution is 8.00. The molecular weight excluding hydrogens is 637 g/mol. The zero-order chi connectivity index (χ0) is 32.9. The summed E-state index contributed by atoms with van der Waals surface area (Å²) in [6.45, 7) is 3.86. The van der Waals surface area contributed by atoms with Crippen LogP contribution in [0.5, 0.6) is 0 Å². The number of pyridine rings is 1. The molecule has 2 aromatic carbocycles. The summed E-state index contributed by atoms with van der Waals surface area (Å²) in [4.78, 5) is 51.6. The number of amides is 2. The first-order chi connectivity index (χ1) is 22.9. The van der Waals surface area contributed by atoms with Crippen LogP contribution in [-0.4, -0.2) is 51.1 Å². The van der Waals surface area contributed by atoms with Gasteiger partial charge in [0.1, 0.15) is 36.1 Å². The number of thioether (sulfide) groups is 1. The van der Waals surface area contributed by atoms with E-state index in [9.17, 15) is 14.4 Å². The first kappa shape index (κ1) is 31.7. The number of nitrogens with one attached hydrogen (secondary N) is 1. The average molecular weight is 668 g/mol. The average Bonchev–Trinajstić information content (AvgIpc) is 3.54. The number of allylic oxidation sites excluding steroid dienone is 1. The van der Waals surface area contributed by atoms with Crippen molar-refractivity contribution in [1.82, 2.24) is 15.2 Å². The predicted octanol–water partition coefficient (Wildman–Crippen LogP) is 3.81. The first-order valence-corrected chi connectivity index (χ1v) is 16.5. The Kier molecular flexibility index (Phi) is 9.45. The molecule has 1 saturated heterocycles. The van der Waals surface area contributed by atoms with Crippen LogP contribution in [0.1, 0.15) is 34.7 Å². The lowest BCUT2D eigenvalue weighted by molar-refractivity contribution is -0.682. The molecule has 0 spiro atoms. The Morgan fingerprint density at radius 2 is 1.77 bits per heavy atom. The summed E-state index contributed by atoms with van der Waals surface area (Å²) in [5.41, 5.74) is 9.40. The van der Waals surface area contributed by atoms with Crippen molar-refractivity contribution in [2.45, 2.75) is 23.6 Å². The second-order valence-electron chi connectivity index (χ2n) is 10.6. The number of carbonyl (C=O) groups excluding carboxylic acids is 3. The van der Waals surface area contributed by atoms with E-state index in [0.29, 0.717) is 22.2 Å². The van der Waals surface area contributed by atoms with Crippen LogP contribution in [-0.2, 0) is 31.0 Å². The standard InChI is InChI=1S/C34H30N6O5S2/c1-3-21-19-46-32-27(38-26(41)18-36-45-30(24-20-47-34(35)37-24)25-16-10-11-17-39(25)2)31(42)40(32)28(21)33(43)44-29(22-12-6-4-7-13-22)23-14-8-5-9-15-23/h3-18,20,27,29-30,32H,1,19H2,2H3,(H2-,35,37,38,41)/p+1/t27?,30?,32-/m1/s1. The maximum atomic E-state index is 13.8. The second-order valence-corrected chi connectivity index (χ2v) is 12.6. The Hall–Kier alpha value is -5.27. The van der Waals surface area contributed by atoms with Crippen LogP contribution in [0.2, 0.25) is 0 Å². The monoisotopic (exact) mass is 667 g/mol. The summed E-state index contributed by atoms with van der Waals surface area (Å²) in [5, 5.41) is 8.24. The van der Waals surface area contributed by atoms with Crippen LogP contribution in [0.25, 0.3) is 0 Å². The fourth-order valence-corrected chi connectivity index (χ4v) is 7.27. The maximum Gasteiger partial charge on any atom is 0.356 e. The number of carbonyl (C=O) groups is 3. The van der Waals surface area contributed by atoms with Crippen LogP contribution in [0.4, 0.5) is 5.13 Å². The minimum Gasteiger partial charge on any atom is -0.448 e. The number of nitrogens with zero attached hydrogens (tertiary/aromatic N) is 4. The first-order valence-electron chi connectivity index (χ1n) is 14.6. The number of esters is 1. The number of hydrogen-bond donors (Lipinski definition) is 2. The van der Waals surface area contributed by atoms with Gasteiger partial charge in [-0.25, -0.2) is 14.3 Å². The van der Waals surface area contributed by atoms with E-state index in [1.54, 1.807) is 11.5 Å². The van der Waals surface area contributed by atoms with Crippen molar-refractivity contribution >= 4 is 52.2 Å².